The molecule has 1 rings (SSSR count). The maximum Gasteiger partial charge on any atom is 0.408 e. The van der Waals surface area contributed by atoms with Gasteiger partial charge in [0.2, 0.25) is 12.0 Å². The first-order valence-electron chi connectivity index (χ1n) is 7.54. The highest BCUT2D eigenvalue weighted by Crippen LogP contribution is 2.12. The molecule has 0 heterocycles. The number of hydrogen-bond donors (Lipinski definition) is 2. The van der Waals surface area contributed by atoms with Gasteiger partial charge < -0.3 is 10.1 Å². The predicted octanol–water partition coefficient (Wildman–Crippen LogP) is 2.20. The van der Waals surface area contributed by atoms with Crippen LogP contribution in [0.5, 0.6) is 0 Å². The van der Waals surface area contributed by atoms with Crippen LogP contribution in [0.15, 0.2) is 24.3 Å². The van der Waals surface area contributed by atoms with Crippen LogP contribution in [-0.4, -0.2) is 29.7 Å². The molecule has 1 unspecified atom stereocenters. The van der Waals surface area contributed by atoms with E-state index < -0.39 is 17.7 Å². The summed E-state index contributed by atoms with van der Waals surface area (Å²) < 4.78 is 5.14. The highest BCUT2D eigenvalue weighted by molar-refractivity contribution is 6.30. The summed E-state index contributed by atoms with van der Waals surface area (Å²) >= 11 is 5.81. The molecule has 0 saturated heterocycles. The van der Waals surface area contributed by atoms with Crippen molar-refractivity contribution in [2.75, 3.05) is 0 Å². The van der Waals surface area contributed by atoms with Gasteiger partial charge in [-0.05, 0) is 38.5 Å². The summed E-state index contributed by atoms with van der Waals surface area (Å²) in [5, 5.41) is 8.40. The van der Waals surface area contributed by atoms with Gasteiger partial charge in [-0.25, -0.2) is 4.79 Å². The van der Waals surface area contributed by atoms with Gasteiger partial charge in [0.15, 0.2) is 0 Å². The second-order valence-electron chi connectivity index (χ2n) is 5.60. The van der Waals surface area contributed by atoms with E-state index in [-0.39, 0.29) is 5.78 Å². The molecular weight excluding hydrogens is 316 g/mol. The zero-order valence-electron chi connectivity index (χ0n) is 14.4. The Morgan fingerprint density at radius 2 is 1.78 bits per heavy atom. The Kier molecular flexibility index (Phi) is 9.18. The van der Waals surface area contributed by atoms with Gasteiger partial charge in [-0.15, -0.1) is 0 Å². The molecule has 1 aromatic carbocycles. The molecule has 6 heteroatoms. The molecule has 0 aliphatic carbocycles. The lowest BCUT2D eigenvalue weighted by Crippen LogP contribution is -2.49. The molecule has 1 aromatic rings. The summed E-state index contributed by atoms with van der Waals surface area (Å²) in [7, 11) is 0. The van der Waals surface area contributed by atoms with Crippen LogP contribution in [0.3, 0.4) is 0 Å². The molecule has 0 bridgehead atoms. The van der Waals surface area contributed by atoms with Crippen molar-refractivity contribution in [1.29, 1.82) is 0 Å². The van der Waals surface area contributed by atoms with Crippen molar-refractivity contribution in [1.82, 2.24) is 5.32 Å². The standard InChI is InChI=1S/C15H19ClN2O3.C2H6/c1-15(2,3)21-14(20)18-12(13(19)9-17)8-10-4-6-11(16)7-5-10;1-2/h4-7,9,12,17H,8H2,1-3H3,(H,18,20);1-2H3/p+1. The molecule has 1 atom stereocenters. The van der Waals surface area contributed by atoms with Gasteiger partial charge in [-0.3, -0.25) is 10.2 Å². The number of ether oxygens (including phenoxy) is 1. The Balaban J connectivity index is 0.00000232. The number of amides is 1. The van der Waals surface area contributed by atoms with Gasteiger partial charge >= 0.3 is 6.09 Å². The van der Waals surface area contributed by atoms with Crippen LogP contribution in [0.4, 0.5) is 4.79 Å². The predicted molar refractivity (Wildman–Crippen MR) is 92.7 cm³/mol. The third-order valence-corrected chi connectivity index (χ3v) is 2.80. The molecule has 1 amide bonds. The summed E-state index contributed by atoms with van der Waals surface area (Å²) in [6.45, 7) is 9.24. The van der Waals surface area contributed by atoms with Gasteiger partial charge in [0, 0.05) is 11.4 Å². The van der Waals surface area contributed by atoms with Crippen molar-refractivity contribution in [3.05, 3.63) is 34.9 Å². The first-order valence-corrected chi connectivity index (χ1v) is 7.92. The first-order chi connectivity index (χ1) is 10.7. The fourth-order valence-electron chi connectivity index (χ4n) is 1.64. The monoisotopic (exact) mass is 341 g/mol. The maximum atomic E-state index is 11.8. The van der Waals surface area contributed by atoms with Crippen LogP contribution in [-0.2, 0) is 16.0 Å². The van der Waals surface area contributed by atoms with Crippen LogP contribution in [0.1, 0.15) is 40.2 Å². The molecule has 128 valence electrons. The topological polar surface area (TPSA) is 81.0 Å². The molecule has 0 spiro atoms. The molecule has 5 nitrogen and oxygen atoms in total. The quantitative estimate of drug-likeness (QED) is 0.805. The summed E-state index contributed by atoms with van der Waals surface area (Å²) in [5.41, 5.74) is 0.223. The number of halogens is 1. The number of ketones is 1. The molecular formula is C17H26ClN2O3+. The number of carbonyl (C=O) groups is 2. The molecule has 0 fully saturated rings. The summed E-state index contributed by atoms with van der Waals surface area (Å²) in [5.74, 6) is -0.379. The van der Waals surface area contributed by atoms with Crippen molar-refractivity contribution >= 4 is 29.7 Å². The minimum atomic E-state index is -0.772. The van der Waals surface area contributed by atoms with Crippen molar-refractivity contribution in [3.63, 3.8) is 0 Å². The minimum Gasteiger partial charge on any atom is -0.444 e. The van der Waals surface area contributed by atoms with Crippen LogP contribution in [0.25, 0.3) is 0 Å². The Morgan fingerprint density at radius 3 is 2.22 bits per heavy atom. The third-order valence-electron chi connectivity index (χ3n) is 2.55. The van der Waals surface area contributed by atoms with E-state index >= 15 is 0 Å². The molecule has 3 N–H and O–H groups in total. The van der Waals surface area contributed by atoms with E-state index in [1.54, 1.807) is 45.0 Å². The normalized spacial score (nSPS) is 11.6. The number of hydrogen-bond acceptors (Lipinski definition) is 3. The minimum absolute atomic E-state index is 0.308. The smallest absolute Gasteiger partial charge is 0.408 e. The van der Waals surface area contributed by atoms with E-state index in [2.05, 4.69) is 5.32 Å². The Hall–Kier alpha value is -1.88. The fraction of sp³-hybridized carbons (Fsp3) is 0.471. The highest BCUT2D eigenvalue weighted by Gasteiger charge is 2.24. The van der Waals surface area contributed by atoms with E-state index in [9.17, 15) is 9.59 Å². The zero-order chi connectivity index (χ0) is 18.0. The SMILES string of the molecule is CC.CC(C)(C)OC(=O)NC(Cc1ccc(Cl)cc1)C(=O)C=[NH2+]. The van der Waals surface area contributed by atoms with Crippen LogP contribution >= 0.6 is 11.6 Å². The number of nitrogens with one attached hydrogen (secondary N) is 1. The number of carbonyl (C=O) groups excluding carboxylic acids is 2. The van der Waals surface area contributed by atoms with Crippen molar-refractivity contribution in [3.8, 4) is 0 Å². The van der Waals surface area contributed by atoms with Crippen LogP contribution in [0, 0.1) is 0 Å². The number of benzene rings is 1. The van der Waals surface area contributed by atoms with E-state index in [1.807, 2.05) is 13.8 Å². The van der Waals surface area contributed by atoms with Crippen molar-refractivity contribution in [2.24, 2.45) is 0 Å². The van der Waals surface area contributed by atoms with Gasteiger partial charge in [0.1, 0.15) is 11.6 Å². The molecule has 0 aromatic heterocycles. The Labute approximate surface area is 142 Å². The van der Waals surface area contributed by atoms with E-state index in [1.165, 1.54) is 0 Å². The summed E-state index contributed by atoms with van der Waals surface area (Å²) in [6, 6.07) is 6.24. The van der Waals surface area contributed by atoms with E-state index in [0.717, 1.165) is 11.8 Å². The zero-order valence-corrected chi connectivity index (χ0v) is 15.1. The number of rotatable bonds is 5. The molecule has 23 heavy (non-hydrogen) atoms. The van der Waals surface area contributed by atoms with Gasteiger partial charge in [0.05, 0.1) is 0 Å². The van der Waals surface area contributed by atoms with Gasteiger partial charge in [0.25, 0.3) is 0 Å². The lowest BCUT2D eigenvalue weighted by molar-refractivity contribution is -0.131. The third kappa shape index (κ3) is 8.98. The lowest BCUT2D eigenvalue weighted by Gasteiger charge is -2.22. The van der Waals surface area contributed by atoms with Crippen LogP contribution in [0.2, 0.25) is 5.02 Å². The number of nitrogens with two attached hydrogens (primary N) is 1. The average molecular weight is 342 g/mol. The van der Waals surface area contributed by atoms with E-state index in [0.29, 0.717) is 11.4 Å². The highest BCUT2D eigenvalue weighted by atomic mass is 35.5. The number of Topliss-reactive ketones (excluding diaryl/α,β-unsaturated/α-hetero) is 1. The largest absolute Gasteiger partial charge is 0.444 e. The van der Waals surface area contributed by atoms with E-state index in [4.69, 9.17) is 21.7 Å². The first kappa shape index (κ1) is 21.1. The van der Waals surface area contributed by atoms with Crippen molar-refractivity contribution < 1.29 is 19.7 Å². The molecule has 0 radical (unpaired) electrons. The second kappa shape index (κ2) is 10.0. The van der Waals surface area contributed by atoms with Gasteiger partial charge in [-0.2, -0.15) is 0 Å². The molecule has 0 aliphatic rings. The second-order valence-corrected chi connectivity index (χ2v) is 6.03. The van der Waals surface area contributed by atoms with Crippen LogP contribution < -0.4 is 10.7 Å². The Bertz CT molecular complexity index is 522. The fourth-order valence-corrected chi connectivity index (χ4v) is 1.77. The van der Waals surface area contributed by atoms with Gasteiger partial charge in [-0.1, -0.05) is 37.6 Å². The summed E-state index contributed by atoms with van der Waals surface area (Å²) in [6.07, 6.45) is 0.595. The Morgan fingerprint density at radius 1 is 1.26 bits per heavy atom. The average Bonchev–Trinajstić information content (AvgIpc) is 2.48. The number of alkyl carbamates (subject to hydrolysis) is 1. The molecule has 0 aliphatic heterocycles. The summed E-state index contributed by atoms with van der Waals surface area (Å²) in [4.78, 5) is 23.6. The lowest BCUT2D eigenvalue weighted by atomic mass is 10.0. The molecule has 0 saturated carbocycles. The van der Waals surface area contributed by atoms with Crippen molar-refractivity contribution in [2.45, 2.75) is 52.7 Å². The maximum absolute atomic E-state index is 11.8.